The smallest absolute Gasteiger partial charge is 0.337 e. The van der Waals surface area contributed by atoms with Gasteiger partial charge in [0.25, 0.3) is 0 Å². The van der Waals surface area contributed by atoms with E-state index in [1.54, 1.807) is 7.11 Å². The highest BCUT2D eigenvalue weighted by molar-refractivity contribution is 5.92. The highest BCUT2D eigenvalue weighted by Crippen LogP contribution is 2.31. The lowest BCUT2D eigenvalue weighted by Crippen LogP contribution is -2.45. The lowest BCUT2D eigenvalue weighted by Gasteiger charge is -2.36. The molecule has 0 aromatic heterocycles. The SMILES string of the molecule is COCCN(C)c1cc(C(=O)OC)ccc1N1CCN(C)CC1. The predicted molar refractivity (Wildman–Crippen MR) is 92.6 cm³/mol. The van der Waals surface area contributed by atoms with Crippen LogP contribution in [0.15, 0.2) is 18.2 Å². The van der Waals surface area contributed by atoms with Crippen molar-refractivity contribution < 1.29 is 14.3 Å². The molecule has 1 aromatic carbocycles. The van der Waals surface area contributed by atoms with Gasteiger partial charge in [-0.3, -0.25) is 0 Å². The lowest BCUT2D eigenvalue weighted by molar-refractivity contribution is 0.0601. The molecule has 1 aliphatic rings. The number of nitrogens with zero attached hydrogens (tertiary/aromatic N) is 3. The van der Waals surface area contributed by atoms with Crippen LogP contribution in [0, 0.1) is 0 Å². The molecule has 1 fully saturated rings. The van der Waals surface area contributed by atoms with E-state index < -0.39 is 0 Å². The summed E-state index contributed by atoms with van der Waals surface area (Å²) in [6.07, 6.45) is 0. The van der Waals surface area contributed by atoms with E-state index in [4.69, 9.17) is 9.47 Å². The van der Waals surface area contributed by atoms with Gasteiger partial charge in [0, 0.05) is 46.9 Å². The maximum atomic E-state index is 11.8. The Labute approximate surface area is 138 Å². The molecule has 1 heterocycles. The second-order valence-corrected chi connectivity index (χ2v) is 5.90. The molecule has 6 nitrogen and oxygen atoms in total. The zero-order valence-corrected chi connectivity index (χ0v) is 14.5. The molecular weight excluding hydrogens is 294 g/mol. The van der Waals surface area contributed by atoms with Crippen molar-refractivity contribution in [3.63, 3.8) is 0 Å². The highest BCUT2D eigenvalue weighted by atomic mass is 16.5. The van der Waals surface area contributed by atoms with Crippen molar-refractivity contribution in [2.24, 2.45) is 0 Å². The number of carbonyl (C=O) groups is 1. The van der Waals surface area contributed by atoms with E-state index in [-0.39, 0.29) is 5.97 Å². The fraction of sp³-hybridized carbons (Fsp3) is 0.588. The van der Waals surface area contributed by atoms with E-state index in [2.05, 4.69) is 21.7 Å². The van der Waals surface area contributed by atoms with Crippen LogP contribution in [-0.2, 0) is 9.47 Å². The molecule has 1 aromatic rings. The molecule has 23 heavy (non-hydrogen) atoms. The monoisotopic (exact) mass is 321 g/mol. The molecule has 6 heteroatoms. The summed E-state index contributed by atoms with van der Waals surface area (Å²) in [5.41, 5.74) is 2.77. The van der Waals surface area contributed by atoms with Crippen molar-refractivity contribution in [3.8, 4) is 0 Å². The first-order valence-corrected chi connectivity index (χ1v) is 7.92. The molecule has 0 saturated carbocycles. The number of likely N-dealkylation sites (N-methyl/N-ethyl adjacent to an activating group) is 2. The Bertz CT molecular complexity index is 528. The molecule has 1 saturated heterocycles. The third-order valence-electron chi connectivity index (χ3n) is 4.28. The van der Waals surface area contributed by atoms with E-state index in [9.17, 15) is 4.79 Å². The Morgan fingerprint density at radius 2 is 1.91 bits per heavy atom. The molecular formula is C17H27N3O3. The van der Waals surface area contributed by atoms with Crippen LogP contribution < -0.4 is 9.80 Å². The third-order valence-corrected chi connectivity index (χ3v) is 4.28. The average Bonchev–Trinajstić information content (AvgIpc) is 2.59. The number of methoxy groups -OCH3 is 2. The third kappa shape index (κ3) is 4.36. The van der Waals surface area contributed by atoms with Gasteiger partial charge in [-0.15, -0.1) is 0 Å². The van der Waals surface area contributed by atoms with Crippen molar-refractivity contribution in [1.82, 2.24) is 4.90 Å². The number of hydrogen-bond donors (Lipinski definition) is 0. The van der Waals surface area contributed by atoms with Crippen LogP contribution in [0.4, 0.5) is 11.4 Å². The highest BCUT2D eigenvalue weighted by Gasteiger charge is 2.20. The van der Waals surface area contributed by atoms with Crippen LogP contribution in [0.3, 0.4) is 0 Å². The normalized spacial score (nSPS) is 15.6. The van der Waals surface area contributed by atoms with Crippen molar-refractivity contribution in [2.75, 3.05) is 77.4 Å². The number of anilines is 2. The summed E-state index contributed by atoms with van der Waals surface area (Å²) in [5, 5.41) is 0. The maximum Gasteiger partial charge on any atom is 0.337 e. The summed E-state index contributed by atoms with van der Waals surface area (Å²) < 4.78 is 10.0. The van der Waals surface area contributed by atoms with Crippen molar-refractivity contribution in [3.05, 3.63) is 23.8 Å². The second-order valence-electron chi connectivity index (χ2n) is 5.90. The molecule has 0 bridgehead atoms. The summed E-state index contributed by atoms with van der Waals surface area (Å²) in [7, 11) is 7.27. The fourth-order valence-electron chi connectivity index (χ4n) is 2.74. The van der Waals surface area contributed by atoms with E-state index in [1.807, 2.05) is 25.2 Å². The summed E-state index contributed by atoms with van der Waals surface area (Å²) >= 11 is 0. The topological polar surface area (TPSA) is 45.2 Å². The molecule has 1 aliphatic heterocycles. The molecule has 0 atom stereocenters. The first-order valence-electron chi connectivity index (χ1n) is 7.92. The van der Waals surface area contributed by atoms with Gasteiger partial charge in [-0.25, -0.2) is 4.79 Å². The minimum absolute atomic E-state index is 0.309. The molecule has 0 amide bonds. The van der Waals surface area contributed by atoms with Crippen molar-refractivity contribution in [2.45, 2.75) is 0 Å². The first kappa shape index (κ1) is 17.6. The minimum atomic E-state index is -0.309. The van der Waals surface area contributed by atoms with Crippen LogP contribution in [0.5, 0.6) is 0 Å². The standard InChI is InChI=1S/C17H27N3O3/c1-18-7-9-20(10-8-18)15-6-5-14(17(21)23-4)13-16(15)19(2)11-12-22-3/h5-6,13H,7-12H2,1-4H3. The zero-order chi connectivity index (χ0) is 16.8. The largest absolute Gasteiger partial charge is 0.465 e. The van der Waals surface area contributed by atoms with Gasteiger partial charge in [0.05, 0.1) is 30.7 Å². The number of rotatable bonds is 6. The van der Waals surface area contributed by atoms with Crippen LogP contribution in [-0.4, -0.2) is 78.5 Å². The van der Waals surface area contributed by atoms with Gasteiger partial charge in [0.1, 0.15) is 0 Å². The first-order chi connectivity index (χ1) is 11.1. The number of hydrogen-bond acceptors (Lipinski definition) is 6. The Morgan fingerprint density at radius 1 is 1.22 bits per heavy atom. The predicted octanol–water partition coefficient (Wildman–Crippen LogP) is 1.31. The molecule has 128 valence electrons. The van der Waals surface area contributed by atoms with Gasteiger partial charge >= 0.3 is 5.97 Å². The van der Waals surface area contributed by atoms with Crippen LogP contribution in [0.1, 0.15) is 10.4 Å². The Kier molecular flexibility index (Phi) is 6.24. The summed E-state index contributed by atoms with van der Waals surface area (Å²) in [6, 6.07) is 5.78. The summed E-state index contributed by atoms with van der Waals surface area (Å²) in [5.74, 6) is -0.309. The average molecular weight is 321 g/mol. The van der Waals surface area contributed by atoms with E-state index >= 15 is 0 Å². The fourth-order valence-corrected chi connectivity index (χ4v) is 2.74. The van der Waals surface area contributed by atoms with Crippen LogP contribution in [0.25, 0.3) is 0 Å². The molecule has 2 rings (SSSR count). The molecule has 0 spiro atoms. The van der Waals surface area contributed by atoms with E-state index in [0.29, 0.717) is 12.2 Å². The Balaban J connectivity index is 2.29. The quantitative estimate of drug-likeness (QED) is 0.736. The van der Waals surface area contributed by atoms with Crippen LogP contribution in [0.2, 0.25) is 0 Å². The molecule has 0 radical (unpaired) electrons. The van der Waals surface area contributed by atoms with Gasteiger partial charge in [0.2, 0.25) is 0 Å². The number of piperazine rings is 1. The Morgan fingerprint density at radius 3 is 2.52 bits per heavy atom. The zero-order valence-electron chi connectivity index (χ0n) is 14.5. The second kappa shape index (κ2) is 8.17. The number of esters is 1. The van der Waals surface area contributed by atoms with Crippen LogP contribution >= 0.6 is 0 Å². The van der Waals surface area contributed by atoms with Gasteiger partial charge in [-0.1, -0.05) is 0 Å². The van der Waals surface area contributed by atoms with Gasteiger partial charge in [-0.2, -0.15) is 0 Å². The number of ether oxygens (including phenoxy) is 2. The Hall–Kier alpha value is -1.79. The summed E-state index contributed by atoms with van der Waals surface area (Å²) in [6.45, 7) is 5.46. The van der Waals surface area contributed by atoms with Gasteiger partial charge < -0.3 is 24.2 Å². The van der Waals surface area contributed by atoms with Gasteiger partial charge in [-0.05, 0) is 25.2 Å². The van der Waals surface area contributed by atoms with E-state index in [1.165, 1.54) is 7.11 Å². The number of carbonyl (C=O) groups excluding carboxylic acids is 1. The summed E-state index contributed by atoms with van der Waals surface area (Å²) in [4.78, 5) is 18.7. The lowest BCUT2D eigenvalue weighted by atomic mass is 10.1. The van der Waals surface area contributed by atoms with Gasteiger partial charge in [0.15, 0.2) is 0 Å². The van der Waals surface area contributed by atoms with Crippen molar-refractivity contribution >= 4 is 17.3 Å². The number of benzene rings is 1. The molecule has 0 unspecified atom stereocenters. The van der Waals surface area contributed by atoms with E-state index in [0.717, 1.165) is 44.1 Å². The maximum absolute atomic E-state index is 11.8. The molecule has 0 aliphatic carbocycles. The van der Waals surface area contributed by atoms with Crippen molar-refractivity contribution in [1.29, 1.82) is 0 Å². The minimum Gasteiger partial charge on any atom is -0.465 e. The molecule has 0 N–H and O–H groups in total.